The van der Waals surface area contributed by atoms with E-state index >= 15 is 0 Å². The molecule has 1 aliphatic rings. The van der Waals surface area contributed by atoms with E-state index in [2.05, 4.69) is 15.1 Å². The molecule has 1 aromatic heterocycles. The molecular weight excluding hydrogens is 444 g/mol. The lowest BCUT2D eigenvalue weighted by molar-refractivity contribution is 0.0746. The summed E-state index contributed by atoms with van der Waals surface area (Å²) >= 11 is 6.02. The van der Waals surface area contributed by atoms with Gasteiger partial charge in [0.2, 0.25) is 5.75 Å². The fraction of sp³-hybridized carbons (Fsp3) is 0.292. The molecule has 0 aliphatic carbocycles. The van der Waals surface area contributed by atoms with Gasteiger partial charge in [-0.15, -0.1) is 10.2 Å². The van der Waals surface area contributed by atoms with Gasteiger partial charge in [-0.1, -0.05) is 17.7 Å². The smallest absolute Gasteiger partial charge is 0.254 e. The van der Waals surface area contributed by atoms with E-state index < -0.39 is 0 Å². The van der Waals surface area contributed by atoms with Crippen LogP contribution < -0.4 is 19.1 Å². The first-order chi connectivity index (χ1) is 16.0. The van der Waals surface area contributed by atoms with Crippen molar-refractivity contribution in [2.75, 3.05) is 52.4 Å². The second-order valence-electron chi connectivity index (χ2n) is 7.48. The summed E-state index contributed by atoms with van der Waals surface area (Å²) in [5.74, 6) is 2.39. The van der Waals surface area contributed by atoms with Gasteiger partial charge in [-0.05, 0) is 42.5 Å². The number of carbonyl (C=O) groups excluding carboxylic acids is 1. The molecular formula is C24H25ClN4O4. The van der Waals surface area contributed by atoms with Crippen molar-refractivity contribution in [2.45, 2.75) is 0 Å². The summed E-state index contributed by atoms with van der Waals surface area (Å²) in [7, 11) is 4.72. The van der Waals surface area contributed by atoms with Crippen LogP contribution in [-0.2, 0) is 0 Å². The molecule has 172 valence electrons. The Morgan fingerprint density at radius 3 is 2.12 bits per heavy atom. The molecule has 0 radical (unpaired) electrons. The third-order valence-corrected chi connectivity index (χ3v) is 5.81. The summed E-state index contributed by atoms with van der Waals surface area (Å²) < 4.78 is 16.2. The third kappa shape index (κ3) is 4.80. The summed E-state index contributed by atoms with van der Waals surface area (Å²) in [5, 5.41) is 9.37. The molecule has 0 saturated carbocycles. The Morgan fingerprint density at radius 2 is 1.58 bits per heavy atom. The summed E-state index contributed by atoms with van der Waals surface area (Å²) in [4.78, 5) is 16.7. The molecule has 33 heavy (non-hydrogen) atoms. The molecule has 0 atom stereocenters. The number of rotatable bonds is 6. The van der Waals surface area contributed by atoms with E-state index in [0.29, 0.717) is 59.7 Å². The molecule has 1 aliphatic heterocycles. The number of benzene rings is 2. The van der Waals surface area contributed by atoms with Crippen LogP contribution in [0.2, 0.25) is 5.02 Å². The highest BCUT2D eigenvalue weighted by atomic mass is 35.5. The highest BCUT2D eigenvalue weighted by Crippen LogP contribution is 2.40. The first kappa shape index (κ1) is 22.7. The summed E-state index contributed by atoms with van der Waals surface area (Å²) in [6, 6.07) is 14.5. The van der Waals surface area contributed by atoms with Gasteiger partial charge < -0.3 is 24.0 Å². The van der Waals surface area contributed by atoms with Crippen LogP contribution in [0, 0.1) is 0 Å². The summed E-state index contributed by atoms with van der Waals surface area (Å²) in [5.41, 5.74) is 2.10. The molecule has 3 aromatic rings. The molecule has 9 heteroatoms. The predicted octanol–water partition coefficient (Wildman–Crippen LogP) is 3.79. The third-order valence-electron chi connectivity index (χ3n) is 5.57. The van der Waals surface area contributed by atoms with Crippen molar-refractivity contribution in [3.63, 3.8) is 0 Å². The molecule has 2 aromatic carbocycles. The highest BCUT2D eigenvalue weighted by molar-refractivity contribution is 6.30. The van der Waals surface area contributed by atoms with Crippen LogP contribution in [-0.4, -0.2) is 68.5 Å². The molecule has 0 unspecified atom stereocenters. The number of anilines is 1. The number of hydrogen-bond acceptors (Lipinski definition) is 7. The van der Waals surface area contributed by atoms with Gasteiger partial charge in [-0.3, -0.25) is 4.79 Å². The zero-order valence-electron chi connectivity index (χ0n) is 18.7. The monoisotopic (exact) mass is 468 g/mol. The van der Waals surface area contributed by atoms with E-state index in [0.717, 1.165) is 11.4 Å². The zero-order chi connectivity index (χ0) is 23.4. The molecule has 2 heterocycles. The minimum atomic E-state index is -0.0130. The van der Waals surface area contributed by atoms with Crippen molar-refractivity contribution < 1.29 is 19.0 Å². The van der Waals surface area contributed by atoms with Crippen molar-refractivity contribution in [2.24, 2.45) is 0 Å². The van der Waals surface area contributed by atoms with E-state index in [-0.39, 0.29) is 5.91 Å². The van der Waals surface area contributed by atoms with Gasteiger partial charge in [0, 0.05) is 42.3 Å². The largest absolute Gasteiger partial charge is 0.493 e. The average Bonchev–Trinajstić information content (AvgIpc) is 2.87. The van der Waals surface area contributed by atoms with E-state index in [1.54, 1.807) is 45.6 Å². The predicted molar refractivity (Wildman–Crippen MR) is 127 cm³/mol. The Labute approximate surface area is 197 Å². The summed E-state index contributed by atoms with van der Waals surface area (Å²) in [6.45, 7) is 2.54. The number of halogens is 1. The Kier molecular flexibility index (Phi) is 6.84. The van der Waals surface area contributed by atoms with Crippen molar-refractivity contribution >= 4 is 23.3 Å². The van der Waals surface area contributed by atoms with Crippen molar-refractivity contribution in [1.29, 1.82) is 0 Å². The maximum absolute atomic E-state index is 12.7. The van der Waals surface area contributed by atoms with Crippen LogP contribution in [0.5, 0.6) is 17.2 Å². The number of ether oxygens (including phenoxy) is 3. The molecule has 0 N–H and O–H groups in total. The minimum Gasteiger partial charge on any atom is -0.493 e. The topological polar surface area (TPSA) is 77.0 Å². The Bertz CT molecular complexity index is 1110. The first-order valence-corrected chi connectivity index (χ1v) is 10.9. The molecule has 0 bridgehead atoms. The second kappa shape index (κ2) is 9.95. The zero-order valence-corrected chi connectivity index (χ0v) is 19.5. The molecule has 0 spiro atoms. The summed E-state index contributed by atoms with van der Waals surface area (Å²) in [6.07, 6.45) is 0. The lowest BCUT2D eigenvalue weighted by atomic mass is 10.1. The molecule has 1 saturated heterocycles. The Morgan fingerprint density at radius 1 is 0.879 bits per heavy atom. The van der Waals surface area contributed by atoms with Crippen LogP contribution >= 0.6 is 11.6 Å². The number of nitrogens with zero attached hydrogens (tertiary/aromatic N) is 4. The molecule has 4 rings (SSSR count). The van der Waals surface area contributed by atoms with Crippen LogP contribution in [0.15, 0.2) is 48.5 Å². The Balaban J connectivity index is 1.45. The number of piperazine rings is 1. The van der Waals surface area contributed by atoms with Crippen molar-refractivity contribution in [1.82, 2.24) is 15.1 Å². The number of aromatic nitrogens is 2. The van der Waals surface area contributed by atoms with Gasteiger partial charge in [0.25, 0.3) is 5.91 Å². The standard InChI is InChI=1S/C24H25ClN4O4/c1-31-20-14-17(15-21(32-2)23(20)33-3)19-7-8-22(27-26-19)28-9-11-29(12-10-28)24(30)16-5-4-6-18(25)13-16/h4-8,13-15H,9-12H2,1-3H3. The van der Waals surface area contributed by atoms with Gasteiger partial charge in [-0.25, -0.2) is 0 Å². The fourth-order valence-electron chi connectivity index (χ4n) is 3.82. The fourth-order valence-corrected chi connectivity index (χ4v) is 4.01. The number of amides is 1. The Hall–Kier alpha value is -3.52. The number of hydrogen-bond donors (Lipinski definition) is 0. The van der Waals surface area contributed by atoms with Crippen LogP contribution in [0.3, 0.4) is 0 Å². The van der Waals surface area contributed by atoms with Crippen LogP contribution in [0.4, 0.5) is 5.82 Å². The van der Waals surface area contributed by atoms with Gasteiger partial charge >= 0.3 is 0 Å². The molecule has 8 nitrogen and oxygen atoms in total. The van der Waals surface area contributed by atoms with E-state index in [9.17, 15) is 4.79 Å². The lowest BCUT2D eigenvalue weighted by Gasteiger charge is -2.35. The van der Waals surface area contributed by atoms with Gasteiger partial charge in [0.15, 0.2) is 17.3 Å². The van der Waals surface area contributed by atoms with Crippen LogP contribution in [0.1, 0.15) is 10.4 Å². The van der Waals surface area contributed by atoms with E-state index in [1.165, 1.54) is 0 Å². The van der Waals surface area contributed by atoms with E-state index in [1.807, 2.05) is 29.2 Å². The average molecular weight is 469 g/mol. The van der Waals surface area contributed by atoms with E-state index in [4.69, 9.17) is 25.8 Å². The highest BCUT2D eigenvalue weighted by Gasteiger charge is 2.23. The number of methoxy groups -OCH3 is 3. The molecule has 1 fully saturated rings. The SMILES string of the molecule is COc1cc(-c2ccc(N3CCN(C(=O)c4cccc(Cl)c4)CC3)nn2)cc(OC)c1OC. The minimum absolute atomic E-state index is 0.0130. The maximum Gasteiger partial charge on any atom is 0.254 e. The van der Waals surface area contributed by atoms with Crippen LogP contribution in [0.25, 0.3) is 11.3 Å². The van der Waals surface area contributed by atoms with Crippen molar-refractivity contribution in [3.05, 3.63) is 59.1 Å². The first-order valence-electron chi connectivity index (χ1n) is 10.5. The molecule has 1 amide bonds. The normalized spacial score (nSPS) is 13.6. The van der Waals surface area contributed by atoms with Crippen molar-refractivity contribution in [3.8, 4) is 28.5 Å². The second-order valence-corrected chi connectivity index (χ2v) is 7.92. The van der Waals surface area contributed by atoms with Gasteiger partial charge in [0.05, 0.1) is 27.0 Å². The maximum atomic E-state index is 12.7. The van der Waals surface area contributed by atoms with Gasteiger partial charge in [0.1, 0.15) is 0 Å². The van der Waals surface area contributed by atoms with Gasteiger partial charge in [-0.2, -0.15) is 0 Å². The lowest BCUT2D eigenvalue weighted by Crippen LogP contribution is -2.49. The number of carbonyl (C=O) groups is 1. The quantitative estimate of drug-likeness (QED) is 0.544.